The number of nitrogens with zero attached hydrogens (tertiary/aromatic N) is 2. The summed E-state index contributed by atoms with van der Waals surface area (Å²) in [6.07, 6.45) is 6.95. The lowest BCUT2D eigenvalue weighted by molar-refractivity contribution is 0.689. The fraction of sp³-hybridized carbons (Fsp3) is 0.308. The summed E-state index contributed by atoms with van der Waals surface area (Å²) in [6.45, 7) is 4.47. The second-order valence-electron chi connectivity index (χ2n) is 3.82. The van der Waals surface area contributed by atoms with Crippen molar-refractivity contribution < 1.29 is 0 Å². The van der Waals surface area contributed by atoms with Crippen LogP contribution in [-0.4, -0.2) is 9.55 Å². The maximum atomic E-state index is 4.15. The third-order valence-electron chi connectivity index (χ3n) is 2.82. The molecule has 0 fully saturated rings. The van der Waals surface area contributed by atoms with Crippen LogP contribution < -0.4 is 0 Å². The van der Waals surface area contributed by atoms with Gasteiger partial charge in [-0.1, -0.05) is 13.8 Å². The van der Waals surface area contributed by atoms with Gasteiger partial charge in [-0.2, -0.15) is 0 Å². The van der Waals surface area contributed by atoms with E-state index in [4.69, 9.17) is 0 Å². The maximum absolute atomic E-state index is 4.15. The minimum atomic E-state index is 0.584. The summed E-state index contributed by atoms with van der Waals surface area (Å²) in [5.41, 5.74) is 2.49. The fourth-order valence-corrected chi connectivity index (χ4v) is 1.74. The van der Waals surface area contributed by atoms with Crippen molar-refractivity contribution in [3.63, 3.8) is 0 Å². The van der Waals surface area contributed by atoms with E-state index in [0.717, 1.165) is 12.1 Å². The highest BCUT2D eigenvalue weighted by atomic mass is 15.0. The highest BCUT2D eigenvalue weighted by molar-refractivity contribution is 5.33. The molecule has 0 saturated carbocycles. The molecule has 78 valence electrons. The average molecular weight is 200 g/mol. The molecule has 0 saturated heterocycles. The van der Waals surface area contributed by atoms with Gasteiger partial charge in [0.15, 0.2) is 0 Å². The van der Waals surface area contributed by atoms with Gasteiger partial charge in [-0.25, -0.2) is 0 Å². The van der Waals surface area contributed by atoms with Crippen LogP contribution in [0.15, 0.2) is 42.9 Å². The lowest BCUT2D eigenvalue weighted by Gasteiger charge is -2.13. The molecule has 1 unspecified atom stereocenters. The molecule has 2 heteroatoms. The van der Waals surface area contributed by atoms with E-state index in [9.17, 15) is 0 Å². The summed E-state index contributed by atoms with van der Waals surface area (Å²) in [6, 6.07) is 8.32. The Hall–Kier alpha value is -1.57. The second-order valence-corrected chi connectivity index (χ2v) is 3.82. The first-order valence-electron chi connectivity index (χ1n) is 5.40. The molecule has 2 rings (SSSR count). The highest BCUT2D eigenvalue weighted by Crippen LogP contribution is 2.22. The van der Waals surface area contributed by atoms with E-state index in [1.165, 1.54) is 5.69 Å². The molecular weight excluding hydrogens is 184 g/mol. The molecule has 1 atom stereocenters. The van der Waals surface area contributed by atoms with Gasteiger partial charge in [0.2, 0.25) is 0 Å². The molecule has 0 bridgehead atoms. The zero-order chi connectivity index (χ0) is 10.7. The molecule has 15 heavy (non-hydrogen) atoms. The van der Waals surface area contributed by atoms with Gasteiger partial charge in [0, 0.05) is 18.1 Å². The highest BCUT2D eigenvalue weighted by Gasteiger charge is 2.08. The van der Waals surface area contributed by atoms with Gasteiger partial charge in [0.05, 0.1) is 11.9 Å². The molecule has 0 N–H and O–H groups in total. The molecule has 0 radical (unpaired) electrons. The van der Waals surface area contributed by atoms with Crippen molar-refractivity contribution in [2.75, 3.05) is 0 Å². The van der Waals surface area contributed by atoms with E-state index in [1.807, 2.05) is 12.3 Å². The van der Waals surface area contributed by atoms with Gasteiger partial charge in [-0.05, 0) is 36.6 Å². The van der Waals surface area contributed by atoms with Crippen LogP contribution in [0.25, 0.3) is 5.69 Å². The zero-order valence-corrected chi connectivity index (χ0v) is 9.22. The summed E-state index contributed by atoms with van der Waals surface area (Å²) in [4.78, 5) is 4.15. The van der Waals surface area contributed by atoms with Crippen LogP contribution >= 0.6 is 0 Å². The van der Waals surface area contributed by atoms with Crippen molar-refractivity contribution in [3.05, 3.63) is 48.5 Å². The molecule has 0 aliphatic heterocycles. The van der Waals surface area contributed by atoms with Crippen LogP contribution in [0.1, 0.15) is 31.9 Å². The fourth-order valence-electron chi connectivity index (χ4n) is 1.74. The number of hydrogen-bond donors (Lipinski definition) is 0. The van der Waals surface area contributed by atoms with E-state index >= 15 is 0 Å². The summed E-state index contributed by atoms with van der Waals surface area (Å²) in [7, 11) is 0. The predicted octanol–water partition coefficient (Wildman–Crippen LogP) is 3.39. The van der Waals surface area contributed by atoms with Gasteiger partial charge in [-0.3, -0.25) is 4.98 Å². The third kappa shape index (κ3) is 1.94. The Labute approximate surface area is 90.6 Å². The molecule has 2 aromatic heterocycles. The van der Waals surface area contributed by atoms with Crippen molar-refractivity contribution in [1.29, 1.82) is 0 Å². The zero-order valence-electron chi connectivity index (χ0n) is 9.22. The molecule has 0 aromatic carbocycles. The van der Waals surface area contributed by atoms with Gasteiger partial charge < -0.3 is 4.57 Å². The van der Waals surface area contributed by atoms with Crippen LogP contribution in [0.2, 0.25) is 0 Å². The summed E-state index contributed by atoms with van der Waals surface area (Å²) in [5.74, 6) is 0.584. The molecule has 0 aliphatic rings. The Bertz CT molecular complexity index is 417. The Morgan fingerprint density at radius 2 is 2.20 bits per heavy atom. The quantitative estimate of drug-likeness (QED) is 0.742. The lowest BCUT2D eigenvalue weighted by Crippen LogP contribution is -2.02. The minimum Gasteiger partial charge on any atom is -0.319 e. The molecule has 2 nitrogen and oxygen atoms in total. The van der Waals surface area contributed by atoms with Crippen molar-refractivity contribution in [3.8, 4) is 5.69 Å². The van der Waals surface area contributed by atoms with E-state index in [1.54, 1.807) is 6.20 Å². The van der Waals surface area contributed by atoms with E-state index in [-0.39, 0.29) is 0 Å². The smallest absolute Gasteiger partial charge is 0.0636 e. The molecule has 0 aliphatic carbocycles. The minimum absolute atomic E-state index is 0.584. The first-order valence-corrected chi connectivity index (χ1v) is 5.40. The van der Waals surface area contributed by atoms with Crippen molar-refractivity contribution in [2.45, 2.75) is 26.2 Å². The van der Waals surface area contributed by atoms with Crippen LogP contribution in [0.5, 0.6) is 0 Å². The first-order chi connectivity index (χ1) is 7.33. The van der Waals surface area contributed by atoms with Gasteiger partial charge in [0.1, 0.15) is 0 Å². The molecule has 2 heterocycles. The molecule has 0 spiro atoms. The molecular formula is C13H16N2. The summed E-state index contributed by atoms with van der Waals surface area (Å²) >= 11 is 0. The Morgan fingerprint density at radius 3 is 2.87 bits per heavy atom. The van der Waals surface area contributed by atoms with Gasteiger partial charge in [0.25, 0.3) is 0 Å². The normalized spacial score (nSPS) is 12.7. The van der Waals surface area contributed by atoms with Crippen molar-refractivity contribution in [1.82, 2.24) is 9.55 Å². The van der Waals surface area contributed by atoms with Gasteiger partial charge >= 0.3 is 0 Å². The van der Waals surface area contributed by atoms with Crippen LogP contribution in [0, 0.1) is 0 Å². The largest absolute Gasteiger partial charge is 0.319 e. The third-order valence-corrected chi connectivity index (χ3v) is 2.82. The monoisotopic (exact) mass is 200 g/mol. The predicted molar refractivity (Wildman–Crippen MR) is 62.3 cm³/mol. The first kappa shape index (κ1) is 9.97. The summed E-state index contributed by atoms with van der Waals surface area (Å²) in [5, 5.41) is 0. The SMILES string of the molecule is CCC(C)c1cccn1-c1cccnc1. The van der Waals surface area contributed by atoms with E-state index in [0.29, 0.717) is 5.92 Å². The Kier molecular flexibility index (Phi) is 2.86. The van der Waals surface area contributed by atoms with Crippen LogP contribution in [-0.2, 0) is 0 Å². The second kappa shape index (κ2) is 4.30. The Balaban J connectivity index is 2.41. The number of rotatable bonds is 3. The van der Waals surface area contributed by atoms with E-state index in [2.05, 4.69) is 47.8 Å². The maximum Gasteiger partial charge on any atom is 0.0636 e. The summed E-state index contributed by atoms with van der Waals surface area (Å²) < 4.78 is 2.21. The number of aromatic nitrogens is 2. The van der Waals surface area contributed by atoms with Crippen LogP contribution in [0.3, 0.4) is 0 Å². The lowest BCUT2D eigenvalue weighted by atomic mass is 10.1. The standard InChI is InChI=1S/C13H16N2/c1-3-11(2)13-7-5-9-15(13)12-6-4-8-14-10-12/h4-11H,3H2,1-2H3. The topological polar surface area (TPSA) is 17.8 Å². The van der Waals surface area contributed by atoms with Crippen LogP contribution in [0.4, 0.5) is 0 Å². The molecule has 0 amide bonds. The van der Waals surface area contributed by atoms with Crippen molar-refractivity contribution >= 4 is 0 Å². The van der Waals surface area contributed by atoms with E-state index < -0.39 is 0 Å². The number of pyridine rings is 1. The van der Waals surface area contributed by atoms with Gasteiger partial charge in [-0.15, -0.1) is 0 Å². The number of hydrogen-bond acceptors (Lipinski definition) is 1. The average Bonchev–Trinajstić information content (AvgIpc) is 2.78. The van der Waals surface area contributed by atoms with Crippen molar-refractivity contribution in [2.24, 2.45) is 0 Å². The Morgan fingerprint density at radius 1 is 1.33 bits per heavy atom. The molecule has 2 aromatic rings.